The Morgan fingerprint density at radius 2 is 2.33 bits per heavy atom. The summed E-state index contributed by atoms with van der Waals surface area (Å²) in [7, 11) is 0. The Balaban J connectivity index is 2.28. The van der Waals surface area contributed by atoms with Crippen molar-refractivity contribution in [2.75, 3.05) is 0 Å². The Morgan fingerprint density at radius 1 is 1.53 bits per heavy atom. The second-order valence-corrected chi connectivity index (χ2v) is 4.10. The molecule has 0 fully saturated rings. The van der Waals surface area contributed by atoms with Gasteiger partial charge in [0.05, 0.1) is 5.70 Å². The van der Waals surface area contributed by atoms with E-state index in [4.69, 9.17) is 4.74 Å². The van der Waals surface area contributed by atoms with Crippen molar-refractivity contribution in [3.8, 4) is 0 Å². The van der Waals surface area contributed by atoms with E-state index in [2.05, 4.69) is 18.3 Å². The maximum atomic E-state index is 11.5. The number of amides is 1. The van der Waals surface area contributed by atoms with Gasteiger partial charge in [0.1, 0.15) is 5.76 Å². The van der Waals surface area contributed by atoms with E-state index in [0.29, 0.717) is 0 Å². The standard InChI is InChI=1S/C12H17NO2/c1-3-9-5-4-6-11-10(7-9)13-12(14)8(2)15-11/h7-8H,3-6H2,1-2H3,(H,13,14). The van der Waals surface area contributed by atoms with Crippen LogP contribution in [0.25, 0.3) is 0 Å². The van der Waals surface area contributed by atoms with Crippen LogP contribution < -0.4 is 5.32 Å². The first-order chi connectivity index (χ1) is 7.20. The molecule has 0 aromatic rings. The average Bonchev–Trinajstić information content (AvgIpc) is 2.41. The summed E-state index contributed by atoms with van der Waals surface area (Å²) >= 11 is 0. The van der Waals surface area contributed by atoms with Crippen LogP contribution in [0.2, 0.25) is 0 Å². The lowest BCUT2D eigenvalue weighted by molar-refractivity contribution is -0.130. The van der Waals surface area contributed by atoms with Crippen LogP contribution in [0.5, 0.6) is 0 Å². The van der Waals surface area contributed by atoms with E-state index >= 15 is 0 Å². The van der Waals surface area contributed by atoms with Gasteiger partial charge in [0.15, 0.2) is 6.10 Å². The van der Waals surface area contributed by atoms with E-state index in [1.54, 1.807) is 6.92 Å². The molecule has 0 aromatic heterocycles. The highest BCUT2D eigenvalue weighted by Crippen LogP contribution is 2.27. The van der Waals surface area contributed by atoms with Crippen molar-refractivity contribution in [1.82, 2.24) is 5.32 Å². The van der Waals surface area contributed by atoms with Crippen LogP contribution in [0.4, 0.5) is 0 Å². The number of carbonyl (C=O) groups is 1. The van der Waals surface area contributed by atoms with Gasteiger partial charge in [-0.15, -0.1) is 0 Å². The minimum Gasteiger partial charge on any atom is -0.483 e. The lowest BCUT2D eigenvalue weighted by atomic mass is 10.1. The van der Waals surface area contributed by atoms with E-state index in [1.807, 2.05) is 0 Å². The predicted molar refractivity (Wildman–Crippen MR) is 57.9 cm³/mol. The molecule has 0 aromatic carbocycles. The zero-order valence-corrected chi connectivity index (χ0v) is 9.30. The summed E-state index contributed by atoms with van der Waals surface area (Å²) in [6.07, 6.45) is 5.92. The van der Waals surface area contributed by atoms with Gasteiger partial charge in [-0.25, -0.2) is 0 Å². The van der Waals surface area contributed by atoms with Gasteiger partial charge in [0, 0.05) is 6.42 Å². The smallest absolute Gasteiger partial charge is 0.265 e. The molecule has 1 atom stereocenters. The minimum absolute atomic E-state index is 0.0395. The SMILES string of the molecule is CCC1=CC2=C(CCC1)OC(C)C(=O)N2. The monoisotopic (exact) mass is 207 g/mol. The number of nitrogens with one attached hydrogen (secondary N) is 1. The predicted octanol–water partition coefficient (Wildman–Crippen LogP) is 2.25. The number of ether oxygens (including phenoxy) is 1. The van der Waals surface area contributed by atoms with Crippen LogP contribution in [0, 0.1) is 0 Å². The van der Waals surface area contributed by atoms with Crippen LogP contribution in [-0.4, -0.2) is 12.0 Å². The summed E-state index contributed by atoms with van der Waals surface area (Å²) in [5, 5.41) is 2.91. The Kier molecular flexibility index (Phi) is 2.80. The first kappa shape index (κ1) is 10.3. The molecular formula is C12H17NO2. The molecule has 82 valence electrons. The molecule has 0 saturated heterocycles. The molecule has 0 bridgehead atoms. The van der Waals surface area contributed by atoms with Gasteiger partial charge in [-0.05, 0) is 32.3 Å². The second-order valence-electron chi connectivity index (χ2n) is 4.10. The Hall–Kier alpha value is -1.25. The van der Waals surface area contributed by atoms with E-state index in [9.17, 15) is 4.79 Å². The van der Waals surface area contributed by atoms with Crippen molar-refractivity contribution >= 4 is 5.91 Å². The molecule has 3 nitrogen and oxygen atoms in total. The van der Waals surface area contributed by atoms with Crippen LogP contribution in [-0.2, 0) is 9.53 Å². The zero-order chi connectivity index (χ0) is 10.8. The Morgan fingerprint density at radius 3 is 3.07 bits per heavy atom. The van der Waals surface area contributed by atoms with E-state index in [1.165, 1.54) is 5.57 Å². The van der Waals surface area contributed by atoms with Gasteiger partial charge in [0.25, 0.3) is 5.91 Å². The molecule has 0 spiro atoms. The molecule has 2 aliphatic rings. The second kappa shape index (κ2) is 4.09. The average molecular weight is 207 g/mol. The fraction of sp³-hybridized carbons (Fsp3) is 0.583. The van der Waals surface area contributed by atoms with Crippen molar-refractivity contribution < 1.29 is 9.53 Å². The third kappa shape index (κ3) is 2.06. The van der Waals surface area contributed by atoms with Crippen LogP contribution in [0.1, 0.15) is 39.5 Å². The molecule has 1 amide bonds. The van der Waals surface area contributed by atoms with Crippen molar-refractivity contribution in [2.24, 2.45) is 0 Å². The highest BCUT2D eigenvalue weighted by atomic mass is 16.5. The third-order valence-electron chi connectivity index (χ3n) is 2.95. The van der Waals surface area contributed by atoms with E-state index in [0.717, 1.165) is 37.1 Å². The normalized spacial score (nSPS) is 26.1. The highest BCUT2D eigenvalue weighted by Gasteiger charge is 2.25. The number of hydrogen-bond acceptors (Lipinski definition) is 2. The number of allylic oxidation sites excluding steroid dienone is 3. The largest absolute Gasteiger partial charge is 0.483 e. The van der Waals surface area contributed by atoms with E-state index < -0.39 is 0 Å². The molecule has 1 N–H and O–H groups in total. The van der Waals surface area contributed by atoms with Crippen LogP contribution in [0.3, 0.4) is 0 Å². The molecule has 1 unspecified atom stereocenters. The summed E-state index contributed by atoms with van der Waals surface area (Å²) < 4.78 is 5.60. The van der Waals surface area contributed by atoms with Crippen LogP contribution in [0.15, 0.2) is 23.1 Å². The van der Waals surface area contributed by atoms with Gasteiger partial charge in [-0.2, -0.15) is 0 Å². The van der Waals surface area contributed by atoms with Crippen LogP contribution >= 0.6 is 0 Å². The molecule has 15 heavy (non-hydrogen) atoms. The summed E-state index contributed by atoms with van der Waals surface area (Å²) in [6.45, 7) is 3.93. The maximum Gasteiger partial charge on any atom is 0.265 e. The molecule has 1 heterocycles. The summed E-state index contributed by atoms with van der Waals surface area (Å²) in [5.74, 6) is 0.910. The molecule has 2 rings (SSSR count). The third-order valence-corrected chi connectivity index (χ3v) is 2.95. The molecule has 0 radical (unpaired) electrons. The van der Waals surface area contributed by atoms with Crippen molar-refractivity contribution in [1.29, 1.82) is 0 Å². The first-order valence-corrected chi connectivity index (χ1v) is 5.61. The number of rotatable bonds is 1. The Bertz CT molecular complexity index is 342. The summed E-state index contributed by atoms with van der Waals surface area (Å²) in [6, 6.07) is 0. The van der Waals surface area contributed by atoms with Gasteiger partial charge in [-0.3, -0.25) is 4.79 Å². The number of hydrogen-bond donors (Lipinski definition) is 1. The topological polar surface area (TPSA) is 38.3 Å². The minimum atomic E-state index is -0.347. The summed E-state index contributed by atoms with van der Waals surface area (Å²) in [4.78, 5) is 11.5. The molecule has 1 aliphatic heterocycles. The fourth-order valence-corrected chi connectivity index (χ4v) is 1.98. The highest BCUT2D eigenvalue weighted by molar-refractivity contribution is 5.83. The van der Waals surface area contributed by atoms with Gasteiger partial charge < -0.3 is 10.1 Å². The number of carbonyl (C=O) groups excluding carboxylic acids is 1. The lowest BCUT2D eigenvalue weighted by Gasteiger charge is -2.24. The van der Waals surface area contributed by atoms with E-state index in [-0.39, 0.29) is 12.0 Å². The molecular weight excluding hydrogens is 190 g/mol. The summed E-state index contributed by atoms with van der Waals surface area (Å²) in [5.41, 5.74) is 2.27. The molecule has 1 aliphatic carbocycles. The lowest BCUT2D eigenvalue weighted by Crippen LogP contribution is -2.38. The molecule has 0 saturated carbocycles. The van der Waals surface area contributed by atoms with Gasteiger partial charge >= 0.3 is 0 Å². The molecule has 3 heteroatoms. The van der Waals surface area contributed by atoms with Crippen molar-refractivity contribution in [2.45, 2.75) is 45.6 Å². The fourth-order valence-electron chi connectivity index (χ4n) is 1.98. The quantitative estimate of drug-likeness (QED) is 0.716. The zero-order valence-electron chi connectivity index (χ0n) is 9.30. The first-order valence-electron chi connectivity index (χ1n) is 5.61. The maximum absolute atomic E-state index is 11.5. The van der Waals surface area contributed by atoms with Crippen molar-refractivity contribution in [3.05, 3.63) is 23.1 Å². The van der Waals surface area contributed by atoms with Crippen molar-refractivity contribution in [3.63, 3.8) is 0 Å². The van der Waals surface area contributed by atoms with Gasteiger partial charge in [0.2, 0.25) is 0 Å². The Labute approximate surface area is 90.2 Å². The van der Waals surface area contributed by atoms with Gasteiger partial charge in [-0.1, -0.05) is 12.5 Å².